The summed E-state index contributed by atoms with van der Waals surface area (Å²) in [4.78, 5) is 16.3. The van der Waals surface area contributed by atoms with Gasteiger partial charge in [-0.3, -0.25) is 9.48 Å². The van der Waals surface area contributed by atoms with Crippen LogP contribution in [0.1, 0.15) is 36.2 Å². The van der Waals surface area contributed by atoms with Gasteiger partial charge in [-0.05, 0) is 49.1 Å². The van der Waals surface area contributed by atoms with Crippen molar-refractivity contribution in [3.8, 4) is 11.6 Å². The molecule has 2 heterocycles. The predicted molar refractivity (Wildman–Crippen MR) is 102 cm³/mol. The predicted octanol–water partition coefficient (Wildman–Crippen LogP) is 3.50. The monoisotopic (exact) mass is 366 g/mol. The van der Waals surface area contributed by atoms with Crippen LogP contribution in [0.4, 0.5) is 5.69 Å². The maximum absolute atomic E-state index is 12.3. The Morgan fingerprint density at radius 3 is 2.93 bits per heavy atom. The van der Waals surface area contributed by atoms with E-state index in [4.69, 9.17) is 4.74 Å². The molecule has 2 aromatic heterocycles. The van der Waals surface area contributed by atoms with Crippen LogP contribution in [0.25, 0.3) is 10.9 Å². The van der Waals surface area contributed by atoms with E-state index in [1.807, 2.05) is 19.2 Å². The minimum atomic E-state index is -0.465. The van der Waals surface area contributed by atoms with Gasteiger partial charge < -0.3 is 15.2 Å². The number of aromatic nitrogens is 3. The summed E-state index contributed by atoms with van der Waals surface area (Å²) in [6, 6.07) is 8.52. The Kier molecular flexibility index (Phi) is 4.66. The minimum absolute atomic E-state index is 0.0109. The second kappa shape index (κ2) is 7.26. The average Bonchev–Trinajstić information content (AvgIpc) is 3.28. The van der Waals surface area contributed by atoms with Gasteiger partial charge in [-0.2, -0.15) is 0 Å². The molecule has 1 aromatic carbocycles. The molecule has 2 N–H and O–H groups in total. The molecule has 0 atom stereocenters. The van der Waals surface area contributed by atoms with Crippen LogP contribution in [-0.4, -0.2) is 32.4 Å². The van der Waals surface area contributed by atoms with E-state index in [1.165, 1.54) is 37.9 Å². The number of anilines is 1. The maximum atomic E-state index is 12.3. The van der Waals surface area contributed by atoms with E-state index < -0.39 is 5.91 Å². The lowest BCUT2D eigenvalue weighted by Crippen LogP contribution is -2.13. The van der Waals surface area contributed by atoms with Crippen molar-refractivity contribution in [2.24, 2.45) is 13.0 Å². The van der Waals surface area contributed by atoms with Crippen molar-refractivity contribution in [1.29, 1.82) is 0 Å². The number of hydrogen-bond donors (Lipinski definition) is 2. The van der Waals surface area contributed by atoms with Crippen molar-refractivity contribution in [1.82, 2.24) is 14.8 Å². The van der Waals surface area contributed by atoms with Crippen LogP contribution < -0.4 is 10.1 Å². The zero-order valence-corrected chi connectivity index (χ0v) is 15.2. The number of fused-ring (bicyclic) bond motifs is 1. The highest BCUT2D eigenvalue weighted by Crippen LogP contribution is 2.30. The van der Waals surface area contributed by atoms with Gasteiger partial charge in [0, 0.05) is 18.9 Å². The molecule has 0 aliphatic heterocycles. The van der Waals surface area contributed by atoms with E-state index in [9.17, 15) is 9.90 Å². The number of nitrogens with zero attached hydrogens (tertiary/aromatic N) is 3. The number of hydrogen-bond acceptors (Lipinski definition) is 5. The normalized spacial score (nSPS) is 14.6. The summed E-state index contributed by atoms with van der Waals surface area (Å²) >= 11 is 0. The fraction of sp³-hybridized carbons (Fsp3) is 0.350. The number of nitrogens with one attached hydrogen (secondary N) is 1. The summed E-state index contributed by atoms with van der Waals surface area (Å²) in [5, 5.41) is 17.9. The Balaban J connectivity index is 1.53. The van der Waals surface area contributed by atoms with Crippen molar-refractivity contribution in [3.63, 3.8) is 0 Å². The SMILES string of the molecule is Cn1nc(OCC2CCCC2)c2ccc(NC(=O)c3ncccc3O)cc21. The third kappa shape index (κ3) is 3.58. The van der Waals surface area contributed by atoms with Crippen LogP contribution >= 0.6 is 0 Å². The standard InChI is InChI=1S/C20H22N4O3/c1-24-16-11-14(22-19(26)18-17(25)7-4-10-21-18)8-9-15(16)20(23-24)27-12-13-5-2-3-6-13/h4,7-11,13,25H,2-3,5-6,12H2,1H3,(H,22,26). The summed E-state index contributed by atoms with van der Waals surface area (Å²) in [5.74, 6) is 0.623. The Morgan fingerprint density at radius 1 is 1.33 bits per heavy atom. The van der Waals surface area contributed by atoms with Gasteiger partial charge in [-0.25, -0.2) is 4.98 Å². The van der Waals surface area contributed by atoms with E-state index >= 15 is 0 Å². The number of amides is 1. The molecule has 1 fully saturated rings. The molecule has 140 valence electrons. The zero-order chi connectivity index (χ0) is 18.8. The molecule has 0 spiro atoms. The smallest absolute Gasteiger partial charge is 0.278 e. The molecule has 0 bridgehead atoms. The van der Waals surface area contributed by atoms with Crippen molar-refractivity contribution < 1.29 is 14.6 Å². The largest absolute Gasteiger partial charge is 0.505 e. The number of aryl methyl sites for hydroxylation is 1. The lowest BCUT2D eigenvalue weighted by molar-refractivity contribution is 0.101. The molecule has 0 saturated heterocycles. The summed E-state index contributed by atoms with van der Waals surface area (Å²) in [5.41, 5.74) is 1.45. The number of carbonyl (C=O) groups is 1. The summed E-state index contributed by atoms with van der Waals surface area (Å²) in [6.45, 7) is 0.698. The molecule has 1 aliphatic carbocycles. The Morgan fingerprint density at radius 2 is 2.15 bits per heavy atom. The van der Waals surface area contributed by atoms with Crippen LogP contribution in [0, 0.1) is 5.92 Å². The molecule has 4 rings (SSSR count). The van der Waals surface area contributed by atoms with Gasteiger partial charge in [0.05, 0.1) is 17.5 Å². The first-order valence-corrected chi connectivity index (χ1v) is 9.16. The molecular weight excluding hydrogens is 344 g/mol. The zero-order valence-electron chi connectivity index (χ0n) is 15.2. The minimum Gasteiger partial charge on any atom is -0.505 e. The van der Waals surface area contributed by atoms with Crippen LogP contribution in [0.15, 0.2) is 36.5 Å². The highest BCUT2D eigenvalue weighted by atomic mass is 16.5. The van der Waals surface area contributed by atoms with Crippen molar-refractivity contribution in [2.45, 2.75) is 25.7 Å². The van der Waals surface area contributed by atoms with Crippen LogP contribution in [0.3, 0.4) is 0 Å². The first-order chi connectivity index (χ1) is 13.1. The quantitative estimate of drug-likeness (QED) is 0.721. The molecule has 7 nitrogen and oxygen atoms in total. The van der Waals surface area contributed by atoms with Crippen LogP contribution in [0.2, 0.25) is 0 Å². The van der Waals surface area contributed by atoms with E-state index in [-0.39, 0.29) is 11.4 Å². The maximum Gasteiger partial charge on any atom is 0.278 e. The summed E-state index contributed by atoms with van der Waals surface area (Å²) in [6.07, 6.45) is 6.48. The Labute approximate surface area is 157 Å². The molecule has 0 radical (unpaired) electrons. The first kappa shape index (κ1) is 17.3. The van der Waals surface area contributed by atoms with Gasteiger partial charge >= 0.3 is 0 Å². The lowest BCUT2D eigenvalue weighted by atomic mass is 10.1. The molecule has 3 aromatic rings. The second-order valence-corrected chi connectivity index (χ2v) is 6.95. The topological polar surface area (TPSA) is 89.3 Å². The number of carbonyl (C=O) groups excluding carboxylic acids is 1. The van der Waals surface area contributed by atoms with E-state index in [2.05, 4.69) is 15.4 Å². The van der Waals surface area contributed by atoms with Gasteiger partial charge in [-0.15, -0.1) is 5.10 Å². The highest BCUT2D eigenvalue weighted by Gasteiger charge is 2.18. The highest BCUT2D eigenvalue weighted by molar-refractivity contribution is 6.05. The van der Waals surface area contributed by atoms with Crippen molar-refractivity contribution in [3.05, 3.63) is 42.2 Å². The van der Waals surface area contributed by atoms with Crippen molar-refractivity contribution in [2.75, 3.05) is 11.9 Å². The molecule has 0 unspecified atom stereocenters. The van der Waals surface area contributed by atoms with E-state index in [0.29, 0.717) is 24.1 Å². The van der Waals surface area contributed by atoms with E-state index in [1.54, 1.807) is 16.8 Å². The van der Waals surface area contributed by atoms with Gasteiger partial charge in [0.2, 0.25) is 5.88 Å². The molecule has 27 heavy (non-hydrogen) atoms. The van der Waals surface area contributed by atoms with E-state index in [0.717, 1.165) is 10.9 Å². The van der Waals surface area contributed by atoms with Crippen molar-refractivity contribution >= 4 is 22.5 Å². The molecule has 7 heteroatoms. The van der Waals surface area contributed by atoms with Crippen LogP contribution in [0.5, 0.6) is 11.6 Å². The third-order valence-corrected chi connectivity index (χ3v) is 5.01. The molecule has 1 saturated carbocycles. The fourth-order valence-corrected chi connectivity index (χ4v) is 3.54. The lowest BCUT2D eigenvalue weighted by Gasteiger charge is -2.09. The van der Waals surface area contributed by atoms with Gasteiger partial charge in [0.1, 0.15) is 5.75 Å². The molecule has 1 aliphatic rings. The first-order valence-electron chi connectivity index (χ1n) is 9.16. The Hall–Kier alpha value is -3.09. The molecule has 1 amide bonds. The van der Waals surface area contributed by atoms with Gasteiger partial charge in [-0.1, -0.05) is 12.8 Å². The molecular formula is C20H22N4O3. The van der Waals surface area contributed by atoms with Gasteiger partial charge in [0.15, 0.2) is 5.69 Å². The summed E-state index contributed by atoms with van der Waals surface area (Å²) < 4.78 is 7.71. The summed E-state index contributed by atoms with van der Waals surface area (Å²) in [7, 11) is 1.85. The average molecular weight is 366 g/mol. The fourth-order valence-electron chi connectivity index (χ4n) is 3.54. The third-order valence-electron chi connectivity index (χ3n) is 5.01. The second-order valence-electron chi connectivity index (χ2n) is 6.95. The van der Waals surface area contributed by atoms with Crippen LogP contribution in [-0.2, 0) is 7.05 Å². The Bertz CT molecular complexity index is 977. The van der Waals surface area contributed by atoms with Gasteiger partial charge in [0.25, 0.3) is 5.91 Å². The number of ether oxygens (including phenoxy) is 1. The number of benzene rings is 1. The number of aromatic hydroxyl groups is 1. The number of pyridine rings is 1. The number of rotatable bonds is 5.